The molecule has 180 valence electrons. The van der Waals surface area contributed by atoms with Crippen molar-refractivity contribution in [3.8, 4) is 0 Å². The number of carbonyl (C=O) groups excluding carboxylic acids is 1. The van der Waals surface area contributed by atoms with Crippen molar-refractivity contribution in [2.75, 3.05) is 31.1 Å². The molecule has 2 saturated heterocycles. The molecule has 0 saturated carbocycles. The Kier molecular flexibility index (Phi) is 6.65. The van der Waals surface area contributed by atoms with Crippen molar-refractivity contribution in [1.29, 1.82) is 0 Å². The number of anilines is 1. The first kappa shape index (κ1) is 23.3. The van der Waals surface area contributed by atoms with Crippen molar-refractivity contribution in [2.45, 2.75) is 36.7 Å². The van der Waals surface area contributed by atoms with Crippen LogP contribution >= 0.6 is 11.3 Å². The highest BCUT2D eigenvalue weighted by molar-refractivity contribution is 7.89. The van der Waals surface area contributed by atoms with Crippen molar-refractivity contribution < 1.29 is 22.3 Å². The van der Waals surface area contributed by atoms with E-state index in [1.54, 1.807) is 47.4 Å². The normalized spacial score (nSPS) is 21.7. The largest absolute Gasteiger partial charge is 0.376 e. The quantitative estimate of drug-likeness (QED) is 0.507. The Bertz CT molecular complexity index is 1280. The molecule has 0 spiro atoms. The number of piperidine rings is 1. The minimum atomic E-state index is -3.69. The second-order valence-corrected chi connectivity index (χ2v) is 11.6. The van der Waals surface area contributed by atoms with E-state index in [4.69, 9.17) is 4.74 Å². The van der Waals surface area contributed by atoms with Crippen LogP contribution in [0.2, 0.25) is 0 Å². The zero-order valence-electron chi connectivity index (χ0n) is 18.6. The molecule has 3 aromatic rings. The summed E-state index contributed by atoms with van der Waals surface area (Å²) in [6.07, 6.45) is 2.82. The molecule has 0 radical (unpaired) electrons. The number of sulfonamides is 1. The van der Waals surface area contributed by atoms with Crippen LogP contribution in [0.1, 0.15) is 25.7 Å². The zero-order valence-corrected chi connectivity index (χ0v) is 20.2. The van der Waals surface area contributed by atoms with Gasteiger partial charge in [0.15, 0.2) is 5.13 Å². The van der Waals surface area contributed by atoms with E-state index in [2.05, 4.69) is 4.98 Å². The summed E-state index contributed by atoms with van der Waals surface area (Å²) in [6.45, 7) is 1.45. The Morgan fingerprint density at radius 3 is 2.71 bits per heavy atom. The Balaban J connectivity index is 1.42. The van der Waals surface area contributed by atoms with Crippen LogP contribution in [0.15, 0.2) is 53.4 Å². The van der Waals surface area contributed by atoms with Crippen LogP contribution in [0.4, 0.5) is 9.52 Å². The van der Waals surface area contributed by atoms with Crippen molar-refractivity contribution in [3.05, 3.63) is 54.3 Å². The fraction of sp³-hybridized carbons (Fsp3) is 0.417. The summed E-state index contributed by atoms with van der Waals surface area (Å²) in [4.78, 5) is 20.0. The number of aromatic nitrogens is 1. The number of fused-ring (bicyclic) bond motifs is 1. The third-order valence-corrected chi connectivity index (χ3v) is 9.30. The van der Waals surface area contributed by atoms with Gasteiger partial charge in [0.05, 0.1) is 28.2 Å². The third kappa shape index (κ3) is 4.59. The van der Waals surface area contributed by atoms with Gasteiger partial charge in [-0.15, -0.1) is 0 Å². The first-order valence-corrected chi connectivity index (χ1v) is 13.7. The smallest absolute Gasteiger partial charge is 0.243 e. The fourth-order valence-electron chi connectivity index (χ4n) is 4.60. The van der Waals surface area contributed by atoms with Crippen LogP contribution < -0.4 is 4.90 Å². The van der Waals surface area contributed by atoms with Crippen molar-refractivity contribution in [2.24, 2.45) is 5.92 Å². The number of benzene rings is 2. The van der Waals surface area contributed by atoms with Gasteiger partial charge in [0, 0.05) is 19.7 Å². The molecule has 0 bridgehead atoms. The number of thiazole rings is 1. The minimum absolute atomic E-state index is 0.108. The molecule has 34 heavy (non-hydrogen) atoms. The molecule has 1 aromatic heterocycles. The van der Waals surface area contributed by atoms with Gasteiger partial charge in [0.2, 0.25) is 15.9 Å². The molecule has 7 nitrogen and oxygen atoms in total. The maximum absolute atomic E-state index is 14.3. The molecule has 5 rings (SSSR count). The van der Waals surface area contributed by atoms with Gasteiger partial charge in [0.1, 0.15) is 11.3 Å². The Morgan fingerprint density at radius 2 is 1.97 bits per heavy atom. The third-order valence-electron chi connectivity index (χ3n) is 6.38. The molecule has 2 aliphatic rings. The lowest BCUT2D eigenvalue weighted by Crippen LogP contribution is -2.48. The van der Waals surface area contributed by atoms with Gasteiger partial charge in [-0.05, 0) is 49.9 Å². The van der Waals surface area contributed by atoms with Gasteiger partial charge in [-0.1, -0.05) is 35.6 Å². The van der Waals surface area contributed by atoms with E-state index in [9.17, 15) is 17.6 Å². The van der Waals surface area contributed by atoms with Crippen LogP contribution in [0.5, 0.6) is 0 Å². The summed E-state index contributed by atoms with van der Waals surface area (Å²) >= 11 is 1.27. The summed E-state index contributed by atoms with van der Waals surface area (Å²) < 4.78 is 48.5. The topological polar surface area (TPSA) is 79.8 Å². The van der Waals surface area contributed by atoms with Gasteiger partial charge in [0.25, 0.3) is 0 Å². The van der Waals surface area contributed by atoms with E-state index < -0.39 is 21.8 Å². The van der Waals surface area contributed by atoms with Crippen LogP contribution in [0.25, 0.3) is 10.2 Å². The second-order valence-electron chi connectivity index (χ2n) is 8.68. The number of nitrogens with zero attached hydrogens (tertiary/aromatic N) is 3. The predicted octanol–water partition coefficient (Wildman–Crippen LogP) is 4.05. The number of hydrogen-bond acceptors (Lipinski definition) is 6. The van der Waals surface area contributed by atoms with Gasteiger partial charge < -0.3 is 4.74 Å². The number of amides is 1. The SMILES string of the molecule is O=C(C1CCCN(S(=O)(=O)c2ccccc2)C1)N(CC1CCCO1)c1nc2c(F)cccc2s1. The molecule has 3 heterocycles. The maximum Gasteiger partial charge on any atom is 0.243 e. The molecule has 10 heteroatoms. The number of carbonyl (C=O) groups is 1. The molecule has 0 N–H and O–H groups in total. The summed E-state index contributed by atoms with van der Waals surface area (Å²) in [5, 5.41) is 0.420. The summed E-state index contributed by atoms with van der Waals surface area (Å²) in [5.74, 6) is -1.13. The molecule has 2 aliphatic heterocycles. The van der Waals surface area contributed by atoms with E-state index in [1.165, 1.54) is 21.7 Å². The van der Waals surface area contributed by atoms with E-state index >= 15 is 0 Å². The molecular formula is C24H26FN3O4S2. The molecular weight excluding hydrogens is 477 g/mol. The van der Waals surface area contributed by atoms with Gasteiger partial charge >= 0.3 is 0 Å². The number of halogens is 1. The van der Waals surface area contributed by atoms with E-state index in [0.717, 1.165) is 12.8 Å². The van der Waals surface area contributed by atoms with Crippen molar-refractivity contribution in [3.63, 3.8) is 0 Å². The highest BCUT2D eigenvalue weighted by Crippen LogP contribution is 2.33. The Morgan fingerprint density at radius 1 is 1.15 bits per heavy atom. The Hall–Kier alpha value is -2.40. The van der Waals surface area contributed by atoms with Gasteiger partial charge in [-0.3, -0.25) is 9.69 Å². The van der Waals surface area contributed by atoms with Crippen LogP contribution in [0.3, 0.4) is 0 Å². The highest BCUT2D eigenvalue weighted by Gasteiger charge is 2.37. The van der Waals surface area contributed by atoms with Gasteiger partial charge in [-0.2, -0.15) is 4.31 Å². The number of rotatable bonds is 6. The average Bonchev–Trinajstić information content (AvgIpc) is 3.53. The first-order chi connectivity index (χ1) is 16.4. The van der Waals surface area contributed by atoms with Crippen LogP contribution in [0, 0.1) is 11.7 Å². The summed E-state index contributed by atoms with van der Waals surface area (Å²) in [6, 6.07) is 13.0. The lowest BCUT2D eigenvalue weighted by Gasteiger charge is -2.34. The predicted molar refractivity (Wildman–Crippen MR) is 129 cm³/mol. The zero-order chi connectivity index (χ0) is 23.7. The van der Waals surface area contributed by atoms with E-state index in [-0.39, 0.29) is 29.0 Å². The van der Waals surface area contributed by atoms with Gasteiger partial charge in [-0.25, -0.2) is 17.8 Å². The first-order valence-electron chi connectivity index (χ1n) is 11.5. The van der Waals surface area contributed by atoms with E-state index in [1.807, 2.05) is 0 Å². The monoisotopic (exact) mass is 503 g/mol. The molecule has 1 amide bonds. The van der Waals surface area contributed by atoms with Crippen LogP contribution in [-0.4, -0.2) is 56.0 Å². The molecule has 2 atom stereocenters. The standard InChI is InChI=1S/C24H26FN3O4S2/c25-20-11-4-12-21-22(20)26-24(33-21)28(16-18-8-6-14-32-18)23(29)17-7-5-13-27(15-17)34(30,31)19-9-2-1-3-10-19/h1-4,9-12,17-18H,5-8,13-16H2. The number of hydrogen-bond donors (Lipinski definition) is 0. The fourth-order valence-corrected chi connectivity index (χ4v) is 7.14. The summed E-state index contributed by atoms with van der Waals surface area (Å²) in [5.41, 5.74) is 0.240. The molecule has 0 aliphatic carbocycles. The minimum Gasteiger partial charge on any atom is -0.376 e. The van der Waals surface area contributed by atoms with Crippen molar-refractivity contribution >= 4 is 42.6 Å². The Labute approximate surface area is 202 Å². The number of para-hydroxylation sites is 1. The highest BCUT2D eigenvalue weighted by atomic mass is 32.2. The average molecular weight is 504 g/mol. The number of ether oxygens (including phenoxy) is 1. The van der Waals surface area contributed by atoms with E-state index in [0.29, 0.717) is 42.4 Å². The molecule has 2 unspecified atom stereocenters. The lowest BCUT2D eigenvalue weighted by atomic mass is 9.98. The maximum atomic E-state index is 14.3. The lowest BCUT2D eigenvalue weighted by molar-refractivity contribution is -0.123. The molecule has 2 fully saturated rings. The second kappa shape index (κ2) is 9.69. The van der Waals surface area contributed by atoms with Crippen molar-refractivity contribution in [1.82, 2.24) is 9.29 Å². The molecule has 2 aromatic carbocycles. The summed E-state index contributed by atoms with van der Waals surface area (Å²) in [7, 11) is -3.69. The van der Waals surface area contributed by atoms with Crippen LogP contribution in [-0.2, 0) is 19.6 Å².